The van der Waals surface area contributed by atoms with Crippen LogP contribution in [0.2, 0.25) is 5.02 Å². The number of hydrogen-bond acceptors (Lipinski definition) is 4. The molecule has 0 aliphatic carbocycles. The van der Waals surface area contributed by atoms with Crippen molar-refractivity contribution in [1.29, 1.82) is 0 Å². The van der Waals surface area contributed by atoms with E-state index in [1.807, 2.05) is 0 Å². The maximum Gasteiger partial charge on any atom is 0.274 e. The maximum absolute atomic E-state index is 12.4. The highest BCUT2D eigenvalue weighted by molar-refractivity contribution is 6.30. The average Bonchev–Trinajstić information content (AvgIpc) is 2.63. The number of anilines is 1. The fourth-order valence-corrected chi connectivity index (χ4v) is 2.66. The molecule has 0 saturated carbocycles. The van der Waals surface area contributed by atoms with E-state index in [4.69, 9.17) is 11.6 Å². The minimum atomic E-state index is -0.656. The average molecular weight is 384 g/mol. The standard InChI is InChI=1S/C19H14ClN3O4/c1-11-2-7-14(10-17(11)23(26)27)21-18(24)15-8-9-16(22-19(15)25)12-3-5-13(20)6-4-12/h2-10H,1H3,(H,21,24)(H,22,25). The van der Waals surface area contributed by atoms with Gasteiger partial charge in [-0.15, -0.1) is 0 Å². The van der Waals surface area contributed by atoms with Crippen LogP contribution < -0.4 is 10.9 Å². The zero-order valence-electron chi connectivity index (χ0n) is 14.2. The molecule has 8 heteroatoms. The molecule has 3 rings (SSSR count). The molecule has 2 aromatic carbocycles. The van der Waals surface area contributed by atoms with Crippen molar-refractivity contribution in [3.63, 3.8) is 0 Å². The first-order valence-corrected chi connectivity index (χ1v) is 8.28. The summed E-state index contributed by atoms with van der Waals surface area (Å²) in [5.41, 5.74) is 1.22. The summed E-state index contributed by atoms with van der Waals surface area (Å²) in [5, 5.41) is 14.1. The monoisotopic (exact) mass is 383 g/mol. The van der Waals surface area contributed by atoms with Gasteiger partial charge in [0.1, 0.15) is 5.56 Å². The van der Waals surface area contributed by atoms with Crippen molar-refractivity contribution in [2.45, 2.75) is 6.92 Å². The van der Waals surface area contributed by atoms with Gasteiger partial charge >= 0.3 is 0 Å². The third kappa shape index (κ3) is 4.04. The van der Waals surface area contributed by atoms with Gasteiger partial charge in [0.25, 0.3) is 17.2 Å². The molecule has 0 atom stereocenters. The Morgan fingerprint density at radius 1 is 1.11 bits per heavy atom. The Labute approximate surface area is 158 Å². The minimum absolute atomic E-state index is 0.101. The number of nitrogens with one attached hydrogen (secondary N) is 2. The van der Waals surface area contributed by atoms with E-state index >= 15 is 0 Å². The van der Waals surface area contributed by atoms with E-state index in [0.29, 0.717) is 16.3 Å². The van der Waals surface area contributed by atoms with Crippen molar-refractivity contribution >= 4 is 28.9 Å². The fraction of sp³-hybridized carbons (Fsp3) is 0.0526. The summed E-state index contributed by atoms with van der Waals surface area (Å²) in [6, 6.07) is 14.2. The first-order chi connectivity index (χ1) is 12.8. The number of carbonyl (C=O) groups excluding carboxylic acids is 1. The fourth-order valence-electron chi connectivity index (χ4n) is 2.53. The zero-order valence-corrected chi connectivity index (χ0v) is 14.9. The molecule has 2 N–H and O–H groups in total. The number of carbonyl (C=O) groups is 1. The number of nitro groups is 1. The second-order valence-electron chi connectivity index (χ2n) is 5.83. The van der Waals surface area contributed by atoms with E-state index in [1.54, 1.807) is 37.3 Å². The first kappa shape index (κ1) is 18.3. The predicted molar refractivity (Wildman–Crippen MR) is 103 cm³/mol. The summed E-state index contributed by atoms with van der Waals surface area (Å²) in [4.78, 5) is 37.8. The van der Waals surface area contributed by atoms with Crippen molar-refractivity contribution in [3.8, 4) is 11.3 Å². The second kappa shape index (κ2) is 7.43. The number of halogens is 1. The van der Waals surface area contributed by atoms with E-state index in [2.05, 4.69) is 10.3 Å². The number of aromatic nitrogens is 1. The van der Waals surface area contributed by atoms with Crippen LogP contribution in [0.25, 0.3) is 11.3 Å². The van der Waals surface area contributed by atoms with E-state index in [-0.39, 0.29) is 16.9 Å². The van der Waals surface area contributed by atoms with E-state index in [0.717, 1.165) is 5.56 Å². The van der Waals surface area contributed by atoms with Crippen LogP contribution in [0.4, 0.5) is 11.4 Å². The molecule has 0 aliphatic rings. The molecular formula is C19H14ClN3O4. The molecule has 0 fully saturated rings. The lowest BCUT2D eigenvalue weighted by molar-refractivity contribution is -0.385. The summed E-state index contributed by atoms with van der Waals surface area (Å²) in [6.45, 7) is 1.60. The van der Waals surface area contributed by atoms with Crippen molar-refractivity contribution in [3.05, 3.63) is 91.2 Å². The Bertz CT molecular complexity index is 1090. The molecular weight excluding hydrogens is 370 g/mol. The Morgan fingerprint density at radius 3 is 2.44 bits per heavy atom. The lowest BCUT2D eigenvalue weighted by Gasteiger charge is -2.07. The molecule has 0 bridgehead atoms. The molecule has 3 aromatic rings. The molecule has 0 unspecified atom stereocenters. The third-order valence-corrected chi connectivity index (χ3v) is 4.23. The zero-order chi connectivity index (χ0) is 19.6. The number of hydrogen-bond donors (Lipinski definition) is 2. The summed E-state index contributed by atoms with van der Waals surface area (Å²) in [7, 11) is 0. The number of aromatic amines is 1. The number of amides is 1. The highest BCUT2D eigenvalue weighted by Crippen LogP contribution is 2.23. The number of nitro benzene ring substituents is 1. The number of pyridine rings is 1. The van der Waals surface area contributed by atoms with Crippen LogP contribution in [0, 0.1) is 17.0 Å². The van der Waals surface area contributed by atoms with Gasteiger partial charge in [-0.25, -0.2) is 0 Å². The molecule has 0 radical (unpaired) electrons. The van der Waals surface area contributed by atoms with E-state index in [9.17, 15) is 19.7 Å². The molecule has 27 heavy (non-hydrogen) atoms. The third-order valence-electron chi connectivity index (χ3n) is 3.97. The van der Waals surface area contributed by atoms with Gasteiger partial charge in [-0.05, 0) is 42.8 Å². The molecule has 1 aromatic heterocycles. The molecule has 1 amide bonds. The van der Waals surface area contributed by atoms with Crippen LogP contribution in [-0.2, 0) is 0 Å². The number of nitrogens with zero attached hydrogens (tertiary/aromatic N) is 1. The summed E-state index contributed by atoms with van der Waals surface area (Å²) >= 11 is 5.85. The van der Waals surface area contributed by atoms with Crippen molar-refractivity contribution in [2.75, 3.05) is 5.32 Å². The molecule has 1 heterocycles. The number of aryl methyl sites for hydroxylation is 1. The molecule has 0 spiro atoms. The Kier molecular flexibility index (Phi) is 5.05. The van der Waals surface area contributed by atoms with Crippen molar-refractivity contribution in [2.24, 2.45) is 0 Å². The Hall–Kier alpha value is -3.45. The van der Waals surface area contributed by atoms with Gasteiger partial charge in [-0.2, -0.15) is 0 Å². The van der Waals surface area contributed by atoms with Crippen molar-refractivity contribution in [1.82, 2.24) is 4.98 Å². The lowest BCUT2D eigenvalue weighted by Crippen LogP contribution is -2.23. The second-order valence-corrected chi connectivity index (χ2v) is 6.27. The highest BCUT2D eigenvalue weighted by atomic mass is 35.5. The minimum Gasteiger partial charge on any atom is -0.322 e. The predicted octanol–water partition coefficient (Wildman–Crippen LogP) is 4.16. The summed E-state index contributed by atoms with van der Waals surface area (Å²) in [5.74, 6) is -0.656. The Balaban J connectivity index is 1.85. The SMILES string of the molecule is Cc1ccc(NC(=O)c2ccc(-c3ccc(Cl)cc3)[nH]c2=O)cc1[N+](=O)[O-]. The van der Waals surface area contributed by atoms with Crippen LogP contribution in [-0.4, -0.2) is 15.8 Å². The Morgan fingerprint density at radius 2 is 1.81 bits per heavy atom. The number of rotatable bonds is 4. The summed E-state index contributed by atoms with van der Waals surface area (Å²) in [6.07, 6.45) is 0. The normalized spacial score (nSPS) is 10.4. The molecule has 7 nitrogen and oxygen atoms in total. The van der Waals surface area contributed by atoms with Crippen LogP contribution in [0.5, 0.6) is 0 Å². The quantitative estimate of drug-likeness (QED) is 0.521. The van der Waals surface area contributed by atoms with Gasteiger partial charge in [0.05, 0.1) is 4.92 Å². The number of benzene rings is 2. The van der Waals surface area contributed by atoms with Crippen LogP contribution >= 0.6 is 11.6 Å². The van der Waals surface area contributed by atoms with Gasteiger partial charge in [-0.1, -0.05) is 29.8 Å². The van der Waals surface area contributed by atoms with E-state index < -0.39 is 16.4 Å². The topological polar surface area (TPSA) is 105 Å². The van der Waals surface area contributed by atoms with Gasteiger partial charge in [-0.3, -0.25) is 19.7 Å². The smallest absolute Gasteiger partial charge is 0.274 e. The van der Waals surface area contributed by atoms with Crippen LogP contribution in [0.1, 0.15) is 15.9 Å². The maximum atomic E-state index is 12.4. The van der Waals surface area contributed by atoms with E-state index in [1.165, 1.54) is 24.3 Å². The van der Waals surface area contributed by atoms with Crippen LogP contribution in [0.3, 0.4) is 0 Å². The summed E-state index contributed by atoms with van der Waals surface area (Å²) < 4.78 is 0. The highest BCUT2D eigenvalue weighted by Gasteiger charge is 2.15. The first-order valence-electron chi connectivity index (χ1n) is 7.91. The van der Waals surface area contributed by atoms with Gasteiger partial charge in [0.2, 0.25) is 0 Å². The largest absolute Gasteiger partial charge is 0.322 e. The van der Waals surface area contributed by atoms with Gasteiger partial charge < -0.3 is 10.3 Å². The van der Waals surface area contributed by atoms with Gasteiger partial charge in [0.15, 0.2) is 0 Å². The van der Waals surface area contributed by atoms with Crippen LogP contribution in [0.15, 0.2) is 59.4 Å². The lowest BCUT2D eigenvalue weighted by atomic mass is 10.1. The molecule has 0 aliphatic heterocycles. The van der Waals surface area contributed by atoms with Gasteiger partial charge in [0, 0.05) is 28.0 Å². The molecule has 0 saturated heterocycles. The van der Waals surface area contributed by atoms with Crippen molar-refractivity contribution < 1.29 is 9.72 Å². The number of H-pyrrole nitrogens is 1. The molecule has 136 valence electrons.